The molecule has 7 rings (SSSR count). The van der Waals surface area contributed by atoms with E-state index in [1.165, 1.54) is 27.9 Å². The molecule has 13 heteroatoms. The molecule has 0 saturated heterocycles. The van der Waals surface area contributed by atoms with Crippen LogP contribution >= 0.6 is 22.9 Å². The first kappa shape index (κ1) is 30.1. The van der Waals surface area contributed by atoms with Crippen LogP contribution in [0.5, 0.6) is 5.88 Å². The predicted molar refractivity (Wildman–Crippen MR) is 173 cm³/mol. The van der Waals surface area contributed by atoms with E-state index in [1.807, 2.05) is 44.5 Å². The molecular formula is C32H32ClN5O5S2. The third-order valence-electron chi connectivity index (χ3n) is 8.91. The summed E-state index contributed by atoms with van der Waals surface area (Å²) in [6.07, 6.45) is 3.59. The van der Waals surface area contributed by atoms with Crippen molar-refractivity contribution in [2.75, 3.05) is 6.54 Å². The molecule has 2 aliphatic rings. The number of carboxylic acids is 1. The molecule has 0 bridgehead atoms. The van der Waals surface area contributed by atoms with Gasteiger partial charge in [-0.3, -0.25) is 4.79 Å². The lowest BCUT2D eigenvalue weighted by Gasteiger charge is -2.24. The number of fused-ring (bicyclic) bond motifs is 3. The SMILES string of the molecule is CC[C@@H]1CN(Cc2cc(C(CC(=O)O)c3cc(C4CC4)c4c(nnn4C)c3C)cc3ccsc23)S(=O)(=O)c2cc(Cl)cnc2O1. The molecule has 234 valence electrons. The van der Waals surface area contributed by atoms with Crippen LogP contribution in [0.4, 0.5) is 0 Å². The highest BCUT2D eigenvalue weighted by atomic mass is 35.5. The average Bonchev–Trinajstić information content (AvgIpc) is 3.63. The zero-order valence-corrected chi connectivity index (χ0v) is 27.4. The molecule has 0 radical (unpaired) electrons. The van der Waals surface area contributed by atoms with E-state index in [0.717, 1.165) is 61.8 Å². The van der Waals surface area contributed by atoms with Crippen LogP contribution in [0.2, 0.25) is 5.02 Å². The molecule has 10 nitrogen and oxygen atoms in total. The van der Waals surface area contributed by atoms with Gasteiger partial charge in [0.1, 0.15) is 16.5 Å². The first-order valence-electron chi connectivity index (χ1n) is 14.9. The van der Waals surface area contributed by atoms with Gasteiger partial charge in [-0.15, -0.1) is 16.4 Å². The Hall–Kier alpha value is -3.58. The van der Waals surface area contributed by atoms with E-state index in [0.29, 0.717) is 12.3 Å². The minimum Gasteiger partial charge on any atom is -0.481 e. The summed E-state index contributed by atoms with van der Waals surface area (Å²) in [6, 6.07) is 9.54. The van der Waals surface area contributed by atoms with Crippen LogP contribution in [0.1, 0.15) is 72.3 Å². The third kappa shape index (κ3) is 5.37. The monoisotopic (exact) mass is 665 g/mol. The van der Waals surface area contributed by atoms with Gasteiger partial charge in [-0.2, -0.15) is 4.31 Å². The zero-order valence-electron chi connectivity index (χ0n) is 25.0. The second-order valence-corrected chi connectivity index (χ2v) is 15.2. The predicted octanol–water partition coefficient (Wildman–Crippen LogP) is 6.39. The van der Waals surface area contributed by atoms with Crippen molar-refractivity contribution in [3.05, 3.63) is 74.7 Å². The summed E-state index contributed by atoms with van der Waals surface area (Å²) in [4.78, 5) is 16.5. The number of hydrogen-bond acceptors (Lipinski definition) is 8. The molecule has 1 aliphatic carbocycles. The van der Waals surface area contributed by atoms with Crippen molar-refractivity contribution in [1.29, 1.82) is 0 Å². The van der Waals surface area contributed by atoms with Crippen LogP contribution in [0.25, 0.3) is 21.1 Å². The van der Waals surface area contributed by atoms with Gasteiger partial charge < -0.3 is 9.84 Å². The van der Waals surface area contributed by atoms with Crippen molar-refractivity contribution >= 4 is 60.0 Å². The molecule has 2 atom stereocenters. The molecule has 5 aromatic rings. The molecule has 1 aliphatic heterocycles. The number of rotatable bonds is 8. The number of benzene rings is 2. The van der Waals surface area contributed by atoms with Crippen molar-refractivity contribution in [3.63, 3.8) is 0 Å². The number of sulfonamides is 1. The Labute approximate surface area is 269 Å². The smallest absolute Gasteiger partial charge is 0.304 e. The summed E-state index contributed by atoms with van der Waals surface area (Å²) < 4.78 is 38.3. The number of carboxylic acid groups (broad SMARTS) is 1. The van der Waals surface area contributed by atoms with Crippen LogP contribution in [-0.2, 0) is 28.4 Å². The van der Waals surface area contributed by atoms with Crippen LogP contribution in [-0.4, -0.2) is 56.4 Å². The van der Waals surface area contributed by atoms with E-state index < -0.39 is 28.0 Å². The lowest BCUT2D eigenvalue weighted by molar-refractivity contribution is -0.137. The quantitative estimate of drug-likeness (QED) is 0.202. The Balaban J connectivity index is 1.37. The fraction of sp³-hybridized carbons (Fsp3) is 0.375. The zero-order chi connectivity index (χ0) is 31.6. The second-order valence-electron chi connectivity index (χ2n) is 11.9. The number of hydrogen-bond donors (Lipinski definition) is 1. The number of aliphatic carboxylic acids is 1. The van der Waals surface area contributed by atoms with Crippen molar-refractivity contribution in [2.45, 2.75) is 68.9 Å². The van der Waals surface area contributed by atoms with E-state index in [9.17, 15) is 18.3 Å². The molecular weight excluding hydrogens is 634 g/mol. The summed E-state index contributed by atoms with van der Waals surface area (Å²) in [5, 5.41) is 22.0. The molecule has 45 heavy (non-hydrogen) atoms. The van der Waals surface area contributed by atoms with Gasteiger partial charge in [0.15, 0.2) is 0 Å². The van der Waals surface area contributed by atoms with E-state index >= 15 is 0 Å². The lowest BCUT2D eigenvalue weighted by atomic mass is 9.83. The first-order chi connectivity index (χ1) is 21.5. The van der Waals surface area contributed by atoms with Crippen LogP contribution < -0.4 is 4.74 Å². The standard InChI is InChI=1S/C32H32ClN5O5S2/c1-4-23-16-38(45(41,42)27-11-22(33)14-34-32(27)43-23)15-21-10-20(9-19-7-8-44-31(19)21)25(13-28(39)40)24-12-26(18-5-6-18)30-29(17(24)2)35-36-37(30)3/h7-12,14,18,23,25H,4-6,13,15-16H2,1-3H3,(H,39,40)/t23-,25?/m1/s1. The van der Waals surface area contributed by atoms with E-state index in [2.05, 4.69) is 21.4 Å². The maximum Gasteiger partial charge on any atom is 0.304 e. The summed E-state index contributed by atoms with van der Waals surface area (Å²) in [6.45, 7) is 4.13. The number of pyridine rings is 1. The molecule has 4 heterocycles. The Morgan fingerprint density at radius 1 is 1.24 bits per heavy atom. The van der Waals surface area contributed by atoms with Gasteiger partial charge in [-0.1, -0.05) is 35.9 Å². The summed E-state index contributed by atoms with van der Waals surface area (Å²) in [5.41, 5.74) is 6.35. The first-order valence-corrected chi connectivity index (χ1v) is 17.6. The number of thiophene rings is 1. The molecule has 1 fully saturated rings. The van der Waals surface area contributed by atoms with Crippen molar-refractivity contribution in [1.82, 2.24) is 24.3 Å². The number of carbonyl (C=O) groups is 1. The van der Waals surface area contributed by atoms with Gasteiger partial charge >= 0.3 is 5.97 Å². The molecule has 1 N–H and O–H groups in total. The number of halogens is 1. The summed E-state index contributed by atoms with van der Waals surface area (Å²) in [5.74, 6) is -0.952. The van der Waals surface area contributed by atoms with Gasteiger partial charge in [0, 0.05) is 30.4 Å². The highest BCUT2D eigenvalue weighted by molar-refractivity contribution is 7.89. The van der Waals surface area contributed by atoms with Crippen molar-refractivity contribution in [2.24, 2.45) is 7.05 Å². The van der Waals surface area contributed by atoms with Gasteiger partial charge in [0.25, 0.3) is 0 Å². The van der Waals surface area contributed by atoms with Gasteiger partial charge in [0.05, 0.1) is 23.5 Å². The van der Waals surface area contributed by atoms with Gasteiger partial charge in [-0.25, -0.2) is 18.1 Å². The van der Waals surface area contributed by atoms with Crippen molar-refractivity contribution in [3.8, 4) is 5.88 Å². The fourth-order valence-corrected chi connectivity index (χ4v) is 9.12. The van der Waals surface area contributed by atoms with Crippen LogP contribution in [0, 0.1) is 6.92 Å². The normalized spacial score (nSPS) is 18.9. The van der Waals surface area contributed by atoms with Crippen molar-refractivity contribution < 1.29 is 23.1 Å². The molecule has 3 aromatic heterocycles. The summed E-state index contributed by atoms with van der Waals surface area (Å²) in [7, 11) is -2.13. The van der Waals surface area contributed by atoms with Gasteiger partial charge in [0.2, 0.25) is 15.9 Å². The third-order valence-corrected chi connectivity index (χ3v) is 11.9. The van der Waals surface area contributed by atoms with Crippen LogP contribution in [0.15, 0.2) is 46.8 Å². The second kappa shape index (κ2) is 11.3. The minimum atomic E-state index is -4.02. The Morgan fingerprint density at radius 3 is 2.78 bits per heavy atom. The maximum absolute atomic E-state index is 14.0. The van der Waals surface area contributed by atoms with E-state index in [-0.39, 0.29) is 35.3 Å². The number of aryl methyl sites for hydroxylation is 2. The lowest BCUT2D eigenvalue weighted by Crippen LogP contribution is -2.36. The highest BCUT2D eigenvalue weighted by Gasteiger charge is 2.36. The highest BCUT2D eigenvalue weighted by Crippen LogP contribution is 2.46. The van der Waals surface area contributed by atoms with E-state index in [4.69, 9.17) is 16.3 Å². The van der Waals surface area contributed by atoms with E-state index in [1.54, 1.807) is 4.68 Å². The minimum absolute atomic E-state index is 0.0478. The number of aromatic nitrogens is 4. The topological polar surface area (TPSA) is 128 Å². The largest absolute Gasteiger partial charge is 0.481 e. The maximum atomic E-state index is 14.0. The molecule has 2 aromatic carbocycles. The molecule has 1 unspecified atom stereocenters. The Kier molecular flexibility index (Phi) is 7.58. The number of ether oxygens (including phenoxy) is 1. The Bertz CT molecular complexity index is 2090. The molecule has 1 saturated carbocycles. The Morgan fingerprint density at radius 2 is 2.04 bits per heavy atom. The molecule has 0 amide bonds. The van der Waals surface area contributed by atoms with Gasteiger partial charge in [-0.05, 0) is 88.9 Å². The summed E-state index contributed by atoms with van der Waals surface area (Å²) >= 11 is 7.71. The van der Waals surface area contributed by atoms with Crippen LogP contribution in [0.3, 0.4) is 0 Å². The molecule has 0 spiro atoms. The number of nitrogens with zero attached hydrogens (tertiary/aromatic N) is 5. The average molecular weight is 666 g/mol. The fourth-order valence-electron chi connectivity index (χ4n) is 6.46.